The molecule has 3 N–H and O–H groups in total. The summed E-state index contributed by atoms with van der Waals surface area (Å²) < 4.78 is 0. The summed E-state index contributed by atoms with van der Waals surface area (Å²) in [5, 5.41) is 3.14. The van der Waals surface area contributed by atoms with Gasteiger partial charge in [0.1, 0.15) is 5.01 Å². The number of nitrogens with one attached hydrogen (secondary N) is 1. The van der Waals surface area contributed by atoms with Crippen molar-refractivity contribution in [1.29, 1.82) is 0 Å². The van der Waals surface area contributed by atoms with Gasteiger partial charge in [-0.15, -0.1) is 11.3 Å². The van der Waals surface area contributed by atoms with E-state index in [0.29, 0.717) is 6.54 Å². The number of hydrogen-bond donors (Lipinski definition) is 2. The van der Waals surface area contributed by atoms with Gasteiger partial charge < -0.3 is 10.7 Å². The Labute approximate surface area is 87.0 Å². The Balaban J connectivity index is 2.24. The number of thiazole rings is 1. The minimum atomic E-state index is 0.662. The lowest BCUT2D eigenvalue weighted by molar-refractivity contribution is 0.936. The van der Waals surface area contributed by atoms with Crippen LogP contribution in [0, 0.1) is 6.92 Å². The van der Waals surface area contributed by atoms with Crippen LogP contribution in [0.5, 0.6) is 0 Å². The average molecular weight is 207 g/mol. The summed E-state index contributed by atoms with van der Waals surface area (Å²) in [4.78, 5) is 7.65. The van der Waals surface area contributed by atoms with E-state index in [1.165, 1.54) is 0 Å². The largest absolute Gasteiger partial charge is 0.365 e. The van der Waals surface area contributed by atoms with Crippen molar-refractivity contribution in [2.24, 2.45) is 5.73 Å². The van der Waals surface area contributed by atoms with Crippen LogP contribution in [0.4, 0.5) is 0 Å². The van der Waals surface area contributed by atoms with Crippen molar-refractivity contribution >= 4 is 11.3 Å². The molecule has 2 aromatic rings. The van der Waals surface area contributed by atoms with Crippen LogP contribution in [-0.4, -0.2) is 16.5 Å². The molecular formula is C10H13N3S. The van der Waals surface area contributed by atoms with Crippen molar-refractivity contribution in [3.05, 3.63) is 29.0 Å². The number of aromatic nitrogens is 2. The maximum Gasteiger partial charge on any atom is 0.125 e. The second-order valence-corrected chi connectivity index (χ2v) is 4.11. The van der Waals surface area contributed by atoms with Gasteiger partial charge in [-0.2, -0.15) is 0 Å². The molecule has 2 heterocycles. The van der Waals surface area contributed by atoms with Gasteiger partial charge in [0.15, 0.2) is 0 Å². The Morgan fingerprint density at radius 2 is 2.43 bits per heavy atom. The number of nitrogens with two attached hydrogens (primary N) is 1. The fourth-order valence-corrected chi connectivity index (χ4v) is 2.18. The molecule has 14 heavy (non-hydrogen) atoms. The van der Waals surface area contributed by atoms with E-state index in [0.717, 1.165) is 28.4 Å². The van der Waals surface area contributed by atoms with Gasteiger partial charge >= 0.3 is 0 Å². The third kappa shape index (κ3) is 1.86. The predicted octanol–water partition coefficient (Wildman–Crippen LogP) is 1.95. The lowest BCUT2D eigenvalue weighted by Gasteiger charge is -1.89. The first kappa shape index (κ1) is 9.43. The molecule has 0 atom stereocenters. The van der Waals surface area contributed by atoms with E-state index in [1.54, 1.807) is 11.3 Å². The maximum absolute atomic E-state index is 5.47. The molecule has 0 spiro atoms. The van der Waals surface area contributed by atoms with Crippen molar-refractivity contribution < 1.29 is 0 Å². The van der Waals surface area contributed by atoms with E-state index in [4.69, 9.17) is 5.73 Å². The topological polar surface area (TPSA) is 54.7 Å². The quantitative estimate of drug-likeness (QED) is 0.808. The van der Waals surface area contributed by atoms with E-state index in [9.17, 15) is 0 Å². The van der Waals surface area contributed by atoms with E-state index in [-0.39, 0.29) is 0 Å². The van der Waals surface area contributed by atoms with Crippen molar-refractivity contribution in [2.75, 3.05) is 6.54 Å². The molecule has 0 amide bonds. The van der Waals surface area contributed by atoms with Crippen LogP contribution >= 0.6 is 11.3 Å². The highest BCUT2D eigenvalue weighted by molar-refractivity contribution is 7.13. The van der Waals surface area contributed by atoms with Crippen LogP contribution in [0.15, 0.2) is 17.6 Å². The minimum Gasteiger partial charge on any atom is -0.365 e. The van der Waals surface area contributed by atoms with Crippen LogP contribution in [-0.2, 0) is 6.42 Å². The summed E-state index contributed by atoms with van der Waals surface area (Å²) in [5.74, 6) is 0. The normalized spacial score (nSPS) is 10.7. The van der Waals surface area contributed by atoms with Crippen molar-refractivity contribution in [1.82, 2.24) is 9.97 Å². The number of hydrogen-bond acceptors (Lipinski definition) is 3. The Kier molecular flexibility index (Phi) is 2.65. The van der Waals surface area contributed by atoms with Crippen LogP contribution in [0.3, 0.4) is 0 Å². The summed E-state index contributed by atoms with van der Waals surface area (Å²) >= 11 is 1.67. The van der Waals surface area contributed by atoms with Crippen LogP contribution in [0.25, 0.3) is 10.6 Å². The second kappa shape index (κ2) is 3.94. The van der Waals surface area contributed by atoms with Crippen LogP contribution in [0.2, 0.25) is 0 Å². The zero-order chi connectivity index (χ0) is 9.97. The molecule has 0 aliphatic rings. The minimum absolute atomic E-state index is 0.662. The van der Waals surface area contributed by atoms with Crippen LogP contribution < -0.4 is 5.73 Å². The Morgan fingerprint density at radius 1 is 1.57 bits per heavy atom. The molecule has 74 valence electrons. The molecule has 2 rings (SSSR count). The molecule has 0 aromatic carbocycles. The smallest absolute Gasteiger partial charge is 0.125 e. The zero-order valence-electron chi connectivity index (χ0n) is 8.08. The summed E-state index contributed by atoms with van der Waals surface area (Å²) in [7, 11) is 0. The van der Waals surface area contributed by atoms with Crippen molar-refractivity contribution in [3.8, 4) is 10.6 Å². The zero-order valence-corrected chi connectivity index (χ0v) is 8.90. The predicted molar refractivity (Wildman–Crippen MR) is 59.4 cm³/mol. The van der Waals surface area contributed by atoms with E-state index in [1.807, 2.05) is 13.1 Å². The highest BCUT2D eigenvalue weighted by Gasteiger charge is 2.04. The molecular weight excluding hydrogens is 194 g/mol. The third-order valence-electron chi connectivity index (χ3n) is 2.03. The van der Waals surface area contributed by atoms with Gasteiger partial charge in [0.05, 0.1) is 5.69 Å². The number of rotatable bonds is 3. The van der Waals surface area contributed by atoms with Gasteiger partial charge in [-0.3, -0.25) is 0 Å². The number of H-pyrrole nitrogens is 1. The summed E-state index contributed by atoms with van der Waals surface area (Å²) in [6.45, 7) is 2.70. The highest BCUT2D eigenvalue weighted by atomic mass is 32.1. The number of aromatic amines is 1. The maximum atomic E-state index is 5.47. The molecule has 0 unspecified atom stereocenters. The summed E-state index contributed by atoms with van der Waals surface area (Å²) in [6, 6.07) is 2.10. The van der Waals surface area contributed by atoms with E-state index < -0.39 is 0 Å². The van der Waals surface area contributed by atoms with Gasteiger partial charge in [-0.1, -0.05) is 0 Å². The monoisotopic (exact) mass is 207 g/mol. The average Bonchev–Trinajstić information content (AvgIpc) is 2.74. The molecule has 2 aromatic heterocycles. The standard InChI is InChI=1S/C10H13N3S/c1-7-4-8(5-12-7)10-13-9(2-3-11)6-14-10/h4-6,12H,2-3,11H2,1H3. The van der Waals surface area contributed by atoms with E-state index in [2.05, 4.69) is 21.4 Å². The Hall–Kier alpha value is -1.13. The highest BCUT2D eigenvalue weighted by Crippen LogP contribution is 2.24. The molecule has 0 bridgehead atoms. The van der Waals surface area contributed by atoms with Crippen LogP contribution in [0.1, 0.15) is 11.4 Å². The molecule has 0 radical (unpaired) electrons. The first-order chi connectivity index (χ1) is 6.79. The summed E-state index contributed by atoms with van der Waals surface area (Å²) in [5.41, 5.74) is 8.89. The molecule has 3 nitrogen and oxygen atoms in total. The number of nitrogens with zero attached hydrogens (tertiary/aromatic N) is 1. The lowest BCUT2D eigenvalue weighted by Crippen LogP contribution is -2.02. The SMILES string of the molecule is Cc1cc(-c2nc(CCN)cs2)c[nH]1. The first-order valence-corrected chi connectivity index (χ1v) is 5.47. The molecule has 4 heteroatoms. The van der Waals surface area contributed by atoms with Crippen molar-refractivity contribution in [3.63, 3.8) is 0 Å². The second-order valence-electron chi connectivity index (χ2n) is 3.25. The third-order valence-corrected chi connectivity index (χ3v) is 2.97. The first-order valence-electron chi connectivity index (χ1n) is 4.59. The Morgan fingerprint density at radius 3 is 3.07 bits per heavy atom. The molecule has 0 fully saturated rings. The Bertz CT molecular complexity index is 416. The van der Waals surface area contributed by atoms with E-state index >= 15 is 0 Å². The van der Waals surface area contributed by atoms with Gasteiger partial charge in [0.2, 0.25) is 0 Å². The fourth-order valence-electron chi connectivity index (χ4n) is 1.33. The fraction of sp³-hybridized carbons (Fsp3) is 0.300. The van der Waals surface area contributed by atoms with Gasteiger partial charge in [-0.25, -0.2) is 4.98 Å². The van der Waals surface area contributed by atoms with Gasteiger partial charge in [-0.05, 0) is 19.5 Å². The number of aryl methyl sites for hydroxylation is 1. The van der Waals surface area contributed by atoms with Crippen molar-refractivity contribution in [2.45, 2.75) is 13.3 Å². The molecule has 0 aliphatic carbocycles. The van der Waals surface area contributed by atoms with Gasteiger partial charge in [0.25, 0.3) is 0 Å². The molecule has 0 saturated heterocycles. The summed E-state index contributed by atoms with van der Waals surface area (Å²) in [6.07, 6.45) is 2.85. The van der Waals surface area contributed by atoms with Gasteiger partial charge in [0, 0.05) is 29.3 Å². The molecule has 0 aliphatic heterocycles. The lowest BCUT2D eigenvalue weighted by atomic mass is 10.3. The molecule has 0 saturated carbocycles.